The van der Waals surface area contributed by atoms with E-state index in [-0.39, 0.29) is 18.6 Å². The first-order chi connectivity index (χ1) is 15.6. The van der Waals surface area contributed by atoms with Gasteiger partial charge in [0.15, 0.2) is 18.1 Å². The first-order valence-electron chi connectivity index (χ1n) is 11.1. The maximum absolute atomic E-state index is 13.0. The summed E-state index contributed by atoms with van der Waals surface area (Å²) in [6.45, 7) is 2.14. The Balaban J connectivity index is 1.61. The zero-order valence-electron chi connectivity index (χ0n) is 18.8. The molecule has 0 N–H and O–H groups in total. The van der Waals surface area contributed by atoms with Gasteiger partial charge in [-0.25, -0.2) is 4.79 Å². The highest BCUT2D eigenvalue weighted by Gasteiger charge is 2.27. The molecule has 0 heterocycles. The van der Waals surface area contributed by atoms with Crippen LogP contribution in [0.3, 0.4) is 0 Å². The molecule has 1 fully saturated rings. The number of rotatable bonds is 9. The minimum atomic E-state index is -0.567. The van der Waals surface area contributed by atoms with Crippen LogP contribution in [0.4, 0.5) is 5.69 Å². The van der Waals surface area contributed by atoms with E-state index in [1.165, 1.54) is 12.5 Å². The molecule has 0 bridgehead atoms. The van der Waals surface area contributed by atoms with E-state index in [0.29, 0.717) is 18.1 Å². The second kappa shape index (κ2) is 11.9. The van der Waals surface area contributed by atoms with Crippen molar-refractivity contribution in [1.82, 2.24) is 0 Å². The maximum Gasteiger partial charge on any atom is 0.331 e. The van der Waals surface area contributed by atoms with Crippen molar-refractivity contribution in [2.24, 2.45) is 0 Å². The highest BCUT2D eigenvalue weighted by atomic mass is 16.5. The van der Waals surface area contributed by atoms with Gasteiger partial charge < -0.3 is 19.1 Å². The van der Waals surface area contributed by atoms with Crippen LogP contribution in [-0.2, 0) is 14.3 Å². The molecular weight excluding hydrogens is 406 g/mol. The normalized spacial score (nSPS) is 14.2. The molecular formula is C26H31NO5. The third kappa shape index (κ3) is 6.36. The molecule has 3 rings (SSSR count). The van der Waals surface area contributed by atoms with E-state index < -0.39 is 5.97 Å². The van der Waals surface area contributed by atoms with Gasteiger partial charge in [0.25, 0.3) is 5.91 Å². The first-order valence-corrected chi connectivity index (χ1v) is 11.1. The molecule has 6 nitrogen and oxygen atoms in total. The smallest absolute Gasteiger partial charge is 0.331 e. The molecule has 0 saturated heterocycles. The number of amides is 1. The quantitative estimate of drug-likeness (QED) is 0.407. The molecule has 1 aliphatic rings. The average Bonchev–Trinajstić information content (AvgIpc) is 2.83. The lowest BCUT2D eigenvalue weighted by Crippen LogP contribution is -2.43. The summed E-state index contributed by atoms with van der Waals surface area (Å²) < 4.78 is 16.1. The number of ether oxygens (including phenoxy) is 3. The fourth-order valence-electron chi connectivity index (χ4n) is 3.96. The third-order valence-corrected chi connectivity index (χ3v) is 5.48. The Hall–Kier alpha value is -3.28. The Kier molecular flexibility index (Phi) is 8.72. The van der Waals surface area contributed by atoms with E-state index in [4.69, 9.17) is 14.2 Å². The SMILES string of the molecule is CCOc1ccc(/C=C/C(=O)OCC(=O)N(c2ccccc2)C2CCCCC2)cc1OC. The lowest BCUT2D eigenvalue weighted by molar-refractivity contribution is -0.143. The first kappa shape index (κ1) is 23.4. The molecule has 1 aliphatic carbocycles. The second-order valence-corrected chi connectivity index (χ2v) is 7.68. The summed E-state index contributed by atoms with van der Waals surface area (Å²) in [5.41, 5.74) is 1.61. The van der Waals surface area contributed by atoms with Crippen molar-refractivity contribution >= 4 is 23.6 Å². The fraction of sp³-hybridized carbons (Fsp3) is 0.385. The standard InChI is InChI=1S/C26H31NO5/c1-3-31-23-16-14-20(18-24(23)30-2)15-17-26(29)32-19-25(28)27(21-10-6-4-7-11-21)22-12-8-5-9-13-22/h4,6-7,10-11,14-18,22H,3,5,8-9,12-13,19H2,1-2H3/b17-15+. The monoisotopic (exact) mass is 437 g/mol. The summed E-state index contributed by atoms with van der Waals surface area (Å²) in [6.07, 6.45) is 8.29. The molecule has 32 heavy (non-hydrogen) atoms. The van der Waals surface area contributed by atoms with Gasteiger partial charge in [0, 0.05) is 17.8 Å². The molecule has 0 aromatic heterocycles. The number of hydrogen-bond acceptors (Lipinski definition) is 5. The van der Waals surface area contributed by atoms with Crippen LogP contribution in [-0.4, -0.2) is 38.2 Å². The van der Waals surface area contributed by atoms with E-state index in [1.54, 1.807) is 30.2 Å². The zero-order valence-corrected chi connectivity index (χ0v) is 18.8. The number of benzene rings is 2. The number of para-hydroxylation sites is 1. The maximum atomic E-state index is 13.0. The van der Waals surface area contributed by atoms with Crippen molar-refractivity contribution in [3.05, 3.63) is 60.2 Å². The minimum absolute atomic E-state index is 0.143. The number of methoxy groups -OCH3 is 1. The van der Waals surface area contributed by atoms with Crippen LogP contribution in [0.1, 0.15) is 44.6 Å². The van der Waals surface area contributed by atoms with E-state index in [1.807, 2.05) is 43.3 Å². The molecule has 0 atom stereocenters. The van der Waals surface area contributed by atoms with Crippen LogP contribution in [0.2, 0.25) is 0 Å². The van der Waals surface area contributed by atoms with Gasteiger partial charge in [-0.2, -0.15) is 0 Å². The number of esters is 1. The molecule has 2 aromatic rings. The predicted octanol–water partition coefficient (Wildman–Crippen LogP) is 5.02. The van der Waals surface area contributed by atoms with Gasteiger partial charge in [0.05, 0.1) is 13.7 Å². The summed E-state index contributed by atoms with van der Waals surface area (Å²) >= 11 is 0. The molecule has 2 aromatic carbocycles. The lowest BCUT2D eigenvalue weighted by atomic mass is 9.93. The molecule has 0 spiro atoms. The van der Waals surface area contributed by atoms with Gasteiger partial charge in [-0.15, -0.1) is 0 Å². The van der Waals surface area contributed by atoms with Crippen LogP contribution in [0.25, 0.3) is 6.08 Å². The Bertz CT molecular complexity index is 919. The molecule has 0 radical (unpaired) electrons. The fourth-order valence-corrected chi connectivity index (χ4v) is 3.96. The number of carbonyl (C=O) groups excluding carboxylic acids is 2. The number of hydrogen-bond donors (Lipinski definition) is 0. The molecule has 6 heteroatoms. The molecule has 1 saturated carbocycles. The highest BCUT2D eigenvalue weighted by molar-refractivity contribution is 5.97. The number of nitrogens with zero attached hydrogens (tertiary/aromatic N) is 1. The van der Waals surface area contributed by atoms with E-state index >= 15 is 0 Å². The molecule has 170 valence electrons. The summed E-state index contributed by atoms with van der Waals surface area (Å²) in [5, 5.41) is 0. The lowest BCUT2D eigenvalue weighted by Gasteiger charge is -2.34. The van der Waals surface area contributed by atoms with Crippen molar-refractivity contribution in [3.8, 4) is 11.5 Å². The van der Waals surface area contributed by atoms with Crippen molar-refractivity contribution in [2.45, 2.75) is 45.1 Å². The minimum Gasteiger partial charge on any atom is -0.493 e. The highest BCUT2D eigenvalue weighted by Crippen LogP contribution is 2.29. The van der Waals surface area contributed by atoms with Crippen molar-refractivity contribution in [2.75, 3.05) is 25.2 Å². The van der Waals surface area contributed by atoms with Crippen molar-refractivity contribution in [3.63, 3.8) is 0 Å². The summed E-state index contributed by atoms with van der Waals surface area (Å²) in [5.74, 6) is 0.461. The van der Waals surface area contributed by atoms with E-state index in [2.05, 4.69) is 0 Å². The van der Waals surface area contributed by atoms with Gasteiger partial charge in [-0.1, -0.05) is 43.5 Å². The Morgan fingerprint density at radius 1 is 1.03 bits per heavy atom. The van der Waals surface area contributed by atoms with Crippen molar-refractivity contribution in [1.29, 1.82) is 0 Å². The van der Waals surface area contributed by atoms with Gasteiger partial charge in [0.1, 0.15) is 0 Å². The predicted molar refractivity (Wildman–Crippen MR) is 125 cm³/mol. The van der Waals surface area contributed by atoms with Crippen LogP contribution in [0.5, 0.6) is 11.5 Å². The Morgan fingerprint density at radius 3 is 2.47 bits per heavy atom. The molecule has 0 unspecified atom stereocenters. The van der Waals surface area contributed by atoms with Crippen LogP contribution in [0, 0.1) is 0 Å². The summed E-state index contributed by atoms with van der Waals surface area (Å²) in [7, 11) is 1.57. The molecule has 1 amide bonds. The van der Waals surface area contributed by atoms with Crippen LogP contribution in [0.15, 0.2) is 54.6 Å². The zero-order chi connectivity index (χ0) is 22.8. The number of carbonyl (C=O) groups is 2. The largest absolute Gasteiger partial charge is 0.493 e. The van der Waals surface area contributed by atoms with Crippen LogP contribution >= 0.6 is 0 Å². The summed E-state index contributed by atoms with van der Waals surface area (Å²) in [4.78, 5) is 27.0. The van der Waals surface area contributed by atoms with Gasteiger partial charge in [-0.3, -0.25) is 4.79 Å². The Morgan fingerprint density at radius 2 is 1.78 bits per heavy atom. The Labute approximate surface area is 189 Å². The van der Waals surface area contributed by atoms with E-state index in [0.717, 1.165) is 36.9 Å². The van der Waals surface area contributed by atoms with Crippen molar-refractivity contribution < 1.29 is 23.8 Å². The second-order valence-electron chi connectivity index (χ2n) is 7.68. The topological polar surface area (TPSA) is 65.1 Å². The van der Waals surface area contributed by atoms with Crippen LogP contribution < -0.4 is 14.4 Å². The number of anilines is 1. The third-order valence-electron chi connectivity index (χ3n) is 5.48. The van der Waals surface area contributed by atoms with Gasteiger partial charge in [0.2, 0.25) is 0 Å². The van der Waals surface area contributed by atoms with E-state index in [9.17, 15) is 9.59 Å². The average molecular weight is 438 g/mol. The van der Waals surface area contributed by atoms with Gasteiger partial charge >= 0.3 is 5.97 Å². The molecule has 0 aliphatic heterocycles. The van der Waals surface area contributed by atoms with Gasteiger partial charge in [-0.05, 0) is 55.7 Å². The summed E-state index contributed by atoms with van der Waals surface area (Å²) in [6, 6.07) is 15.1.